The Morgan fingerprint density at radius 2 is 1.28 bits per heavy atom. The van der Waals surface area contributed by atoms with Gasteiger partial charge in [-0.2, -0.15) is 0 Å². The first kappa shape index (κ1) is 25.5. The average Bonchev–Trinajstić information content (AvgIpc) is 3.44. The standard InChI is InChI=1S/C42H28N4/c1-42(2)34-19-8-5-15-27(34)32-24-33-28-16-7-10-21-36(28)46(39(33)31-22-23-43-40(42)37(31)32)41-44-35-20-9-6-17-30(35)38(45-41)29-18-11-13-25-12-3-4-14-26(25)29/h3-24H,1-2H3. The fourth-order valence-electron chi connectivity index (χ4n) is 7.91. The molecule has 0 amide bonds. The Balaban J connectivity index is 1.38. The van der Waals surface area contributed by atoms with E-state index in [1.807, 2.05) is 6.20 Å². The van der Waals surface area contributed by atoms with Crippen LogP contribution in [-0.4, -0.2) is 19.5 Å². The first-order valence-corrected chi connectivity index (χ1v) is 15.8. The summed E-state index contributed by atoms with van der Waals surface area (Å²) in [7, 11) is 0. The van der Waals surface area contributed by atoms with Gasteiger partial charge in [-0.3, -0.25) is 9.55 Å². The minimum absolute atomic E-state index is 0.241. The summed E-state index contributed by atoms with van der Waals surface area (Å²) < 4.78 is 2.28. The summed E-state index contributed by atoms with van der Waals surface area (Å²) in [6, 6.07) is 45.4. The molecule has 0 aliphatic heterocycles. The van der Waals surface area contributed by atoms with Crippen molar-refractivity contribution < 1.29 is 0 Å². The van der Waals surface area contributed by atoms with Crippen LogP contribution in [0, 0.1) is 0 Å². The fraction of sp³-hybridized carbons (Fsp3) is 0.0714. The van der Waals surface area contributed by atoms with Gasteiger partial charge in [0.05, 0.1) is 27.9 Å². The highest BCUT2D eigenvalue weighted by atomic mass is 15.2. The van der Waals surface area contributed by atoms with Crippen LogP contribution in [-0.2, 0) is 5.41 Å². The fourth-order valence-corrected chi connectivity index (χ4v) is 7.91. The molecule has 10 rings (SSSR count). The maximum atomic E-state index is 5.45. The van der Waals surface area contributed by atoms with E-state index in [0.29, 0.717) is 5.95 Å². The summed E-state index contributed by atoms with van der Waals surface area (Å²) >= 11 is 0. The highest BCUT2D eigenvalue weighted by Crippen LogP contribution is 2.50. The second-order valence-corrected chi connectivity index (χ2v) is 12.8. The minimum Gasteiger partial charge on any atom is -0.277 e. The molecule has 0 bridgehead atoms. The molecule has 0 N–H and O–H groups in total. The molecule has 0 radical (unpaired) electrons. The van der Waals surface area contributed by atoms with Crippen LogP contribution in [0.25, 0.3) is 82.6 Å². The van der Waals surface area contributed by atoms with Crippen LogP contribution < -0.4 is 0 Å². The largest absolute Gasteiger partial charge is 0.277 e. The molecule has 0 unspecified atom stereocenters. The van der Waals surface area contributed by atoms with E-state index in [2.05, 4.69) is 146 Å². The summed E-state index contributed by atoms with van der Waals surface area (Å²) in [5, 5.41) is 8.15. The van der Waals surface area contributed by atoms with E-state index in [0.717, 1.165) is 38.9 Å². The molecule has 216 valence electrons. The van der Waals surface area contributed by atoms with Crippen LogP contribution in [0.15, 0.2) is 134 Å². The van der Waals surface area contributed by atoms with E-state index in [1.165, 1.54) is 49.0 Å². The van der Waals surface area contributed by atoms with Crippen LogP contribution in [0.5, 0.6) is 0 Å². The predicted molar refractivity (Wildman–Crippen MR) is 190 cm³/mol. The van der Waals surface area contributed by atoms with Gasteiger partial charge in [0.1, 0.15) is 0 Å². The van der Waals surface area contributed by atoms with Crippen LogP contribution in [0.4, 0.5) is 0 Å². The summed E-state index contributed by atoms with van der Waals surface area (Å²) in [6.07, 6.45) is 1.97. The van der Waals surface area contributed by atoms with Crippen molar-refractivity contribution in [3.63, 3.8) is 0 Å². The van der Waals surface area contributed by atoms with Crippen molar-refractivity contribution in [2.75, 3.05) is 0 Å². The van der Waals surface area contributed by atoms with Crippen molar-refractivity contribution in [1.29, 1.82) is 0 Å². The lowest BCUT2D eigenvalue weighted by atomic mass is 9.71. The molecule has 1 aliphatic carbocycles. The molecule has 0 spiro atoms. The Hall–Kier alpha value is -5.87. The Morgan fingerprint density at radius 1 is 0.565 bits per heavy atom. The number of nitrogens with zero attached hydrogens (tertiary/aromatic N) is 4. The van der Waals surface area contributed by atoms with Crippen molar-refractivity contribution in [1.82, 2.24) is 19.5 Å². The highest BCUT2D eigenvalue weighted by molar-refractivity contribution is 6.23. The van der Waals surface area contributed by atoms with Crippen LogP contribution in [0.3, 0.4) is 0 Å². The lowest BCUT2D eigenvalue weighted by Gasteiger charge is -2.34. The van der Waals surface area contributed by atoms with E-state index < -0.39 is 0 Å². The Kier molecular flexibility index (Phi) is 5.03. The maximum absolute atomic E-state index is 5.45. The van der Waals surface area contributed by atoms with E-state index in [1.54, 1.807) is 0 Å². The second-order valence-electron chi connectivity index (χ2n) is 12.8. The molecule has 3 heterocycles. The first-order valence-electron chi connectivity index (χ1n) is 15.8. The van der Waals surface area contributed by atoms with Crippen molar-refractivity contribution in [2.45, 2.75) is 19.3 Å². The third kappa shape index (κ3) is 3.30. The van der Waals surface area contributed by atoms with Gasteiger partial charge in [0.15, 0.2) is 0 Å². The third-order valence-corrected chi connectivity index (χ3v) is 10.00. The zero-order valence-electron chi connectivity index (χ0n) is 25.5. The quantitative estimate of drug-likeness (QED) is 0.202. The van der Waals surface area contributed by atoms with Crippen LogP contribution in [0.1, 0.15) is 25.1 Å². The van der Waals surface area contributed by atoms with Crippen molar-refractivity contribution >= 4 is 54.3 Å². The van der Waals surface area contributed by atoms with E-state index in [4.69, 9.17) is 15.0 Å². The zero-order valence-corrected chi connectivity index (χ0v) is 25.5. The normalized spacial score (nSPS) is 13.6. The lowest BCUT2D eigenvalue weighted by molar-refractivity contribution is 0.622. The monoisotopic (exact) mass is 588 g/mol. The van der Waals surface area contributed by atoms with Gasteiger partial charge in [-0.05, 0) is 51.7 Å². The molecule has 4 heteroatoms. The molecule has 0 atom stereocenters. The maximum Gasteiger partial charge on any atom is 0.235 e. The minimum atomic E-state index is -0.241. The highest BCUT2D eigenvalue weighted by Gasteiger charge is 2.35. The first-order chi connectivity index (χ1) is 22.6. The Morgan fingerprint density at radius 3 is 2.20 bits per heavy atom. The Labute approximate surface area is 265 Å². The van der Waals surface area contributed by atoms with Gasteiger partial charge >= 0.3 is 0 Å². The smallest absolute Gasteiger partial charge is 0.235 e. The van der Waals surface area contributed by atoms with E-state index >= 15 is 0 Å². The number of para-hydroxylation sites is 2. The molecule has 1 aliphatic rings. The number of rotatable bonds is 2. The van der Waals surface area contributed by atoms with Gasteiger partial charge in [0.25, 0.3) is 0 Å². The Bertz CT molecular complexity index is 2730. The SMILES string of the molecule is CC1(C)c2ccccc2-c2cc3c4ccccc4n(-c4nc(-c5cccc6ccccc56)c5ccccc5n4)c3c3ccnc1c23. The third-order valence-electron chi connectivity index (χ3n) is 10.00. The van der Waals surface area contributed by atoms with Gasteiger partial charge in [0, 0.05) is 44.1 Å². The van der Waals surface area contributed by atoms with Crippen LogP contribution >= 0.6 is 0 Å². The molecule has 0 saturated carbocycles. The van der Waals surface area contributed by atoms with Gasteiger partial charge in [-0.25, -0.2) is 9.97 Å². The molecule has 6 aromatic carbocycles. The molecular weight excluding hydrogens is 560 g/mol. The lowest BCUT2D eigenvalue weighted by Crippen LogP contribution is -2.25. The molecular formula is C42H28N4. The van der Waals surface area contributed by atoms with Crippen LogP contribution in [0.2, 0.25) is 0 Å². The molecule has 4 nitrogen and oxygen atoms in total. The van der Waals surface area contributed by atoms with Gasteiger partial charge in [-0.15, -0.1) is 0 Å². The number of benzene rings is 6. The van der Waals surface area contributed by atoms with Crippen molar-refractivity contribution in [3.05, 3.63) is 145 Å². The molecule has 46 heavy (non-hydrogen) atoms. The number of pyridine rings is 1. The summed E-state index contributed by atoms with van der Waals surface area (Å²) in [6.45, 7) is 4.58. The summed E-state index contributed by atoms with van der Waals surface area (Å²) in [5.74, 6) is 0.664. The average molecular weight is 589 g/mol. The second kappa shape index (κ2) is 9.09. The molecule has 9 aromatic rings. The van der Waals surface area contributed by atoms with Crippen molar-refractivity contribution in [2.24, 2.45) is 0 Å². The molecule has 0 fully saturated rings. The number of fused-ring (bicyclic) bond motifs is 8. The van der Waals surface area contributed by atoms with E-state index in [9.17, 15) is 0 Å². The molecule has 0 saturated heterocycles. The molecule has 3 aromatic heterocycles. The van der Waals surface area contributed by atoms with E-state index in [-0.39, 0.29) is 5.41 Å². The zero-order chi connectivity index (χ0) is 30.6. The topological polar surface area (TPSA) is 43.6 Å². The van der Waals surface area contributed by atoms with Gasteiger partial charge in [0.2, 0.25) is 5.95 Å². The summed E-state index contributed by atoms with van der Waals surface area (Å²) in [4.78, 5) is 15.8. The number of aromatic nitrogens is 4. The van der Waals surface area contributed by atoms with Crippen molar-refractivity contribution in [3.8, 4) is 28.3 Å². The number of hydrogen-bond donors (Lipinski definition) is 0. The predicted octanol–water partition coefficient (Wildman–Crippen LogP) is 10.4. The summed E-state index contributed by atoms with van der Waals surface area (Å²) in [5.41, 5.74) is 9.83. The van der Waals surface area contributed by atoms with Gasteiger partial charge in [-0.1, -0.05) is 117 Å². The number of hydrogen-bond acceptors (Lipinski definition) is 3. The van der Waals surface area contributed by atoms with Gasteiger partial charge < -0.3 is 0 Å².